The summed E-state index contributed by atoms with van der Waals surface area (Å²) in [6.07, 6.45) is 6.90. The average molecular weight is 293 g/mol. The fraction of sp³-hybridized carbons (Fsp3) is 0.714. The number of carbonyl (C=O) groups is 2. The molecule has 1 atom stereocenters. The number of morpholine rings is 1. The summed E-state index contributed by atoms with van der Waals surface area (Å²) in [6, 6.07) is 0. The Morgan fingerprint density at radius 1 is 1.43 bits per heavy atom. The van der Waals surface area contributed by atoms with E-state index in [-0.39, 0.29) is 12.3 Å². The van der Waals surface area contributed by atoms with Gasteiger partial charge in [-0.15, -0.1) is 12.3 Å². The number of ether oxygens (including phenoxy) is 1. The zero-order valence-corrected chi connectivity index (χ0v) is 11.8. The van der Waals surface area contributed by atoms with Crippen LogP contribution in [0.5, 0.6) is 0 Å². The Kier molecular flexibility index (Phi) is 4.91. The molecule has 0 aromatic rings. The maximum absolute atomic E-state index is 12.2. The van der Waals surface area contributed by atoms with Crippen molar-refractivity contribution in [2.75, 3.05) is 19.7 Å². The molecule has 0 spiro atoms. The first-order valence-electron chi connectivity index (χ1n) is 7.03. The van der Waals surface area contributed by atoms with Crippen molar-refractivity contribution < 1.29 is 19.4 Å². The zero-order chi connectivity index (χ0) is 15.3. The predicted octanol–water partition coefficient (Wildman–Crippen LogP) is 1.04. The molecular formula is C14H19N3O4. The van der Waals surface area contributed by atoms with Crippen LogP contribution in [0.1, 0.15) is 32.1 Å². The smallest absolute Gasteiger partial charge is 0.306 e. The molecular weight excluding hydrogens is 274 g/mol. The van der Waals surface area contributed by atoms with Gasteiger partial charge in [-0.2, -0.15) is 10.2 Å². The number of carboxylic acid groups (broad SMARTS) is 1. The lowest BCUT2D eigenvalue weighted by atomic mass is 10.0. The van der Waals surface area contributed by atoms with Gasteiger partial charge >= 0.3 is 5.97 Å². The van der Waals surface area contributed by atoms with E-state index in [0.717, 1.165) is 0 Å². The van der Waals surface area contributed by atoms with Gasteiger partial charge in [0.2, 0.25) is 5.91 Å². The van der Waals surface area contributed by atoms with Crippen LogP contribution < -0.4 is 0 Å². The number of rotatable bonds is 7. The average Bonchev–Trinajstić information content (AvgIpc) is 3.23. The van der Waals surface area contributed by atoms with Gasteiger partial charge in [-0.25, -0.2) is 0 Å². The number of carboxylic acids is 1. The maximum Gasteiger partial charge on any atom is 0.306 e. The second-order valence-corrected chi connectivity index (χ2v) is 5.32. The lowest BCUT2D eigenvalue weighted by Gasteiger charge is -2.32. The number of aliphatic carboxylic acids is 1. The third-order valence-corrected chi connectivity index (χ3v) is 3.69. The summed E-state index contributed by atoms with van der Waals surface area (Å²) in [7, 11) is 0. The van der Waals surface area contributed by atoms with Crippen molar-refractivity contribution in [1.82, 2.24) is 4.90 Å². The number of hydrogen-bond donors (Lipinski definition) is 1. The van der Waals surface area contributed by atoms with Crippen LogP contribution in [-0.2, 0) is 14.3 Å². The molecule has 1 N–H and O–H groups in total. The summed E-state index contributed by atoms with van der Waals surface area (Å²) in [6.45, 7) is 1.21. The summed E-state index contributed by atoms with van der Waals surface area (Å²) in [5.74, 6) is 1.62. The summed E-state index contributed by atoms with van der Waals surface area (Å²) < 4.78 is 5.35. The van der Waals surface area contributed by atoms with Crippen molar-refractivity contribution in [2.45, 2.75) is 43.9 Å². The Hall–Kier alpha value is -1.94. The molecule has 0 radical (unpaired) electrons. The quantitative estimate of drug-likeness (QED) is 0.710. The van der Waals surface area contributed by atoms with Gasteiger partial charge in [0, 0.05) is 38.8 Å². The van der Waals surface area contributed by atoms with Crippen LogP contribution in [0.3, 0.4) is 0 Å². The zero-order valence-electron chi connectivity index (χ0n) is 11.8. The van der Waals surface area contributed by atoms with E-state index in [1.165, 1.54) is 0 Å². The van der Waals surface area contributed by atoms with Crippen LogP contribution in [0.15, 0.2) is 10.2 Å². The predicted molar refractivity (Wildman–Crippen MR) is 73.5 cm³/mol. The Morgan fingerprint density at radius 3 is 2.81 bits per heavy atom. The molecule has 1 unspecified atom stereocenters. The van der Waals surface area contributed by atoms with E-state index in [4.69, 9.17) is 16.3 Å². The summed E-state index contributed by atoms with van der Waals surface area (Å²) >= 11 is 0. The van der Waals surface area contributed by atoms with E-state index in [0.29, 0.717) is 45.4 Å². The molecule has 0 saturated carbocycles. The van der Waals surface area contributed by atoms with Crippen LogP contribution in [-0.4, -0.2) is 53.3 Å². The highest BCUT2D eigenvalue weighted by atomic mass is 16.5. The minimum absolute atomic E-state index is 0.00827. The van der Waals surface area contributed by atoms with E-state index in [9.17, 15) is 9.59 Å². The highest BCUT2D eigenvalue weighted by molar-refractivity contribution is 5.76. The Labute approximate surface area is 123 Å². The van der Waals surface area contributed by atoms with Gasteiger partial charge in [-0.05, 0) is 0 Å². The number of terminal acetylenes is 1. The normalized spacial score (nSPS) is 22.6. The van der Waals surface area contributed by atoms with E-state index >= 15 is 0 Å². The van der Waals surface area contributed by atoms with Gasteiger partial charge < -0.3 is 14.7 Å². The molecule has 0 aliphatic carbocycles. The van der Waals surface area contributed by atoms with Gasteiger partial charge in [0.25, 0.3) is 0 Å². The SMILES string of the molecule is C#CCCC1(CCC(=O)N2CCOC(CC(=O)O)C2)N=N1. The molecule has 1 fully saturated rings. The Morgan fingerprint density at radius 2 is 2.19 bits per heavy atom. The van der Waals surface area contributed by atoms with Gasteiger partial charge in [-0.3, -0.25) is 9.59 Å². The molecule has 1 saturated heterocycles. The van der Waals surface area contributed by atoms with Gasteiger partial charge in [-0.1, -0.05) is 0 Å². The van der Waals surface area contributed by atoms with Crippen molar-refractivity contribution in [3.8, 4) is 12.3 Å². The highest BCUT2D eigenvalue weighted by Gasteiger charge is 2.40. The van der Waals surface area contributed by atoms with E-state index in [1.807, 2.05) is 0 Å². The molecule has 2 aliphatic heterocycles. The third kappa shape index (κ3) is 4.53. The molecule has 7 nitrogen and oxygen atoms in total. The Balaban J connectivity index is 1.75. The summed E-state index contributed by atoms with van der Waals surface area (Å²) in [5, 5.41) is 16.8. The monoisotopic (exact) mass is 293 g/mol. The second-order valence-electron chi connectivity index (χ2n) is 5.32. The van der Waals surface area contributed by atoms with Crippen molar-refractivity contribution in [2.24, 2.45) is 10.2 Å². The number of nitrogens with zero attached hydrogens (tertiary/aromatic N) is 3. The van der Waals surface area contributed by atoms with E-state index < -0.39 is 17.7 Å². The molecule has 2 heterocycles. The molecule has 2 rings (SSSR count). The highest BCUT2D eigenvalue weighted by Crippen LogP contribution is 2.37. The van der Waals surface area contributed by atoms with E-state index in [2.05, 4.69) is 16.1 Å². The molecule has 21 heavy (non-hydrogen) atoms. The number of carbonyl (C=O) groups excluding carboxylic acids is 1. The maximum atomic E-state index is 12.2. The standard InChI is InChI=1S/C14H19N3O4/c1-2-3-5-14(15-16-14)6-4-12(18)17-7-8-21-11(10-17)9-13(19)20/h1,11H,3-10H2,(H,19,20). The minimum Gasteiger partial charge on any atom is -0.481 e. The summed E-state index contributed by atoms with van der Waals surface area (Å²) in [5.41, 5.74) is -0.450. The fourth-order valence-electron chi connectivity index (χ4n) is 2.40. The van der Waals surface area contributed by atoms with Crippen LogP contribution in [0.25, 0.3) is 0 Å². The van der Waals surface area contributed by atoms with Crippen LogP contribution >= 0.6 is 0 Å². The van der Waals surface area contributed by atoms with Crippen molar-refractivity contribution in [3.05, 3.63) is 0 Å². The first kappa shape index (κ1) is 15.4. The number of hydrogen-bond acceptors (Lipinski definition) is 5. The largest absolute Gasteiger partial charge is 0.481 e. The Bertz CT molecular complexity index is 477. The van der Waals surface area contributed by atoms with Crippen LogP contribution in [0.4, 0.5) is 0 Å². The van der Waals surface area contributed by atoms with E-state index in [1.54, 1.807) is 4.90 Å². The molecule has 0 bridgehead atoms. The second kappa shape index (κ2) is 6.68. The third-order valence-electron chi connectivity index (χ3n) is 3.69. The van der Waals surface area contributed by atoms with Crippen molar-refractivity contribution in [1.29, 1.82) is 0 Å². The van der Waals surface area contributed by atoms with Crippen molar-refractivity contribution in [3.63, 3.8) is 0 Å². The van der Waals surface area contributed by atoms with Crippen LogP contribution in [0, 0.1) is 12.3 Å². The fourth-order valence-corrected chi connectivity index (χ4v) is 2.40. The van der Waals surface area contributed by atoms with Crippen LogP contribution in [0.2, 0.25) is 0 Å². The van der Waals surface area contributed by atoms with Gasteiger partial charge in [0.1, 0.15) is 0 Å². The lowest BCUT2D eigenvalue weighted by Crippen LogP contribution is -2.46. The molecule has 114 valence electrons. The molecule has 7 heteroatoms. The first-order chi connectivity index (χ1) is 10.0. The van der Waals surface area contributed by atoms with Gasteiger partial charge in [0.05, 0.1) is 19.1 Å². The number of amides is 1. The molecule has 0 aromatic heterocycles. The van der Waals surface area contributed by atoms with Gasteiger partial charge in [0.15, 0.2) is 5.66 Å². The molecule has 1 amide bonds. The lowest BCUT2D eigenvalue weighted by molar-refractivity contribution is -0.147. The molecule has 2 aliphatic rings. The molecule has 0 aromatic carbocycles. The minimum atomic E-state index is -0.918. The first-order valence-corrected chi connectivity index (χ1v) is 7.03. The van der Waals surface area contributed by atoms with Crippen molar-refractivity contribution >= 4 is 11.9 Å². The summed E-state index contributed by atoms with van der Waals surface area (Å²) in [4.78, 5) is 24.5. The topological polar surface area (TPSA) is 91.6 Å².